The van der Waals surface area contributed by atoms with Gasteiger partial charge in [0.15, 0.2) is 11.5 Å². The molecule has 3 aromatic carbocycles. The van der Waals surface area contributed by atoms with Crippen LogP contribution in [0.2, 0.25) is 5.02 Å². The van der Waals surface area contributed by atoms with Crippen LogP contribution in [0.5, 0.6) is 17.2 Å². The number of ether oxygens (including phenoxy) is 2. The maximum absolute atomic E-state index is 10.9. The number of hydrogen-bond donors (Lipinski definition) is 2. The molecule has 0 fully saturated rings. The fraction of sp³-hybridized carbons (Fsp3) is 0.240. The van der Waals surface area contributed by atoms with Crippen LogP contribution in [0.1, 0.15) is 42.2 Å². The number of hydrogen-bond acceptors (Lipinski definition) is 5. The van der Waals surface area contributed by atoms with E-state index < -0.39 is 0 Å². The van der Waals surface area contributed by atoms with Crippen molar-refractivity contribution in [2.45, 2.75) is 25.6 Å². The first-order valence-electron chi connectivity index (χ1n) is 10.3. The van der Waals surface area contributed by atoms with Gasteiger partial charge in [-0.3, -0.25) is 10.3 Å². The smallest absolute Gasteiger partial charge is 0.162 e. The lowest BCUT2D eigenvalue weighted by atomic mass is 9.93. The number of methoxy groups -OCH3 is 1. The van der Waals surface area contributed by atoms with Gasteiger partial charge in [0, 0.05) is 28.8 Å². The molecule has 1 aliphatic rings. The second kappa shape index (κ2) is 9.41. The number of benzene rings is 3. The van der Waals surface area contributed by atoms with Crippen molar-refractivity contribution in [2.75, 3.05) is 13.7 Å². The number of nitrogens with zero attached hydrogens (tertiary/aromatic N) is 1. The summed E-state index contributed by atoms with van der Waals surface area (Å²) < 4.78 is 10.9. The van der Waals surface area contributed by atoms with E-state index in [9.17, 15) is 5.11 Å². The maximum atomic E-state index is 10.9. The third-order valence-electron chi connectivity index (χ3n) is 5.36. The molecule has 0 aliphatic carbocycles. The van der Waals surface area contributed by atoms with E-state index in [4.69, 9.17) is 26.1 Å². The largest absolute Gasteiger partial charge is 0.504 e. The summed E-state index contributed by atoms with van der Waals surface area (Å²) in [4.78, 5) is 4.98. The lowest BCUT2D eigenvalue weighted by Gasteiger charge is -2.31. The minimum Gasteiger partial charge on any atom is -0.504 e. The summed E-state index contributed by atoms with van der Waals surface area (Å²) in [5.41, 5.74) is 3.76. The highest BCUT2D eigenvalue weighted by Gasteiger charge is 2.28. The Morgan fingerprint density at radius 1 is 1.06 bits per heavy atom. The predicted molar refractivity (Wildman–Crippen MR) is 123 cm³/mol. The Morgan fingerprint density at radius 2 is 1.81 bits per heavy atom. The molecule has 4 rings (SSSR count). The molecule has 0 amide bonds. The van der Waals surface area contributed by atoms with Crippen LogP contribution >= 0.6 is 11.6 Å². The highest BCUT2D eigenvalue weighted by atomic mass is 35.5. The van der Waals surface area contributed by atoms with Gasteiger partial charge in [-0.25, -0.2) is 0 Å². The zero-order valence-electron chi connectivity index (χ0n) is 17.5. The van der Waals surface area contributed by atoms with Gasteiger partial charge >= 0.3 is 0 Å². The van der Waals surface area contributed by atoms with Crippen LogP contribution in [0.4, 0.5) is 0 Å². The van der Waals surface area contributed by atoms with Crippen LogP contribution in [-0.4, -0.2) is 24.5 Å². The minimum atomic E-state index is -0.275. The fourth-order valence-electron chi connectivity index (χ4n) is 3.77. The van der Waals surface area contributed by atoms with E-state index in [1.807, 2.05) is 67.6 Å². The Balaban J connectivity index is 1.73. The quantitative estimate of drug-likeness (QED) is 0.522. The van der Waals surface area contributed by atoms with Crippen molar-refractivity contribution in [3.05, 3.63) is 88.4 Å². The Labute approximate surface area is 187 Å². The highest BCUT2D eigenvalue weighted by Crippen LogP contribution is 2.39. The molecular weight excluding hydrogens is 412 g/mol. The van der Waals surface area contributed by atoms with Gasteiger partial charge in [-0.05, 0) is 60.5 Å². The van der Waals surface area contributed by atoms with Crippen molar-refractivity contribution >= 4 is 17.3 Å². The number of phenols is 1. The van der Waals surface area contributed by atoms with Gasteiger partial charge in [0.05, 0.1) is 13.7 Å². The summed E-state index contributed by atoms with van der Waals surface area (Å²) in [6.07, 6.45) is 0.350. The molecule has 0 aromatic heterocycles. The molecule has 160 valence electrons. The first-order valence-corrected chi connectivity index (χ1v) is 10.6. The standard InChI is InChI=1S/C25H25ClN2O3/c1-3-31-23-6-4-5-20(24(23)29)22-15-21(16-9-13-19(30-2)14-10-16)27-25(28-22)17-7-11-18(26)12-8-17/h4-14,22,25,28-29H,3,15H2,1-2H3. The number of rotatable bonds is 6. The van der Waals surface area contributed by atoms with Crippen LogP contribution in [0, 0.1) is 0 Å². The average Bonchev–Trinajstić information content (AvgIpc) is 2.81. The van der Waals surface area contributed by atoms with Gasteiger partial charge in [0.1, 0.15) is 11.9 Å². The second-order valence-corrected chi connectivity index (χ2v) is 7.75. The van der Waals surface area contributed by atoms with Crippen LogP contribution in [0.3, 0.4) is 0 Å². The molecule has 2 N–H and O–H groups in total. The molecule has 0 radical (unpaired) electrons. The van der Waals surface area contributed by atoms with E-state index in [-0.39, 0.29) is 18.0 Å². The fourth-order valence-corrected chi connectivity index (χ4v) is 3.90. The number of phenolic OH excluding ortho intramolecular Hbond substituents is 1. The Morgan fingerprint density at radius 3 is 2.48 bits per heavy atom. The van der Waals surface area contributed by atoms with Gasteiger partial charge in [0.2, 0.25) is 0 Å². The molecular formula is C25H25ClN2O3. The monoisotopic (exact) mass is 436 g/mol. The van der Waals surface area contributed by atoms with Gasteiger partial charge in [0.25, 0.3) is 0 Å². The summed E-state index contributed by atoms with van der Waals surface area (Å²) >= 11 is 6.08. The molecule has 2 atom stereocenters. The summed E-state index contributed by atoms with van der Waals surface area (Å²) in [7, 11) is 1.65. The number of aliphatic imine (C=N–C) groups is 1. The highest BCUT2D eigenvalue weighted by molar-refractivity contribution is 6.30. The van der Waals surface area contributed by atoms with Crippen LogP contribution < -0.4 is 14.8 Å². The molecule has 1 aliphatic heterocycles. The number of para-hydroxylation sites is 1. The predicted octanol–water partition coefficient (Wildman–Crippen LogP) is 5.68. The SMILES string of the molecule is CCOc1cccc(C2CC(c3ccc(OC)cc3)=NC(c3ccc(Cl)cc3)N2)c1O. The Hall–Kier alpha value is -3.02. The number of aromatic hydroxyl groups is 1. The van der Waals surface area contributed by atoms with Crippen molar-refractivity contribution < 1.29 is 14.6 Å². The molecule has 5 nitrogen and oxygen atoms in total. The summed E-state index contributed by atoms with van der Waals surface area (Å²) in [6.45, 7) is 2.39. The van der Waals surface area contributed by atoms with Crippen LogP contribution in [0.25, 0.3) is 0 Å². The van der Waals surface area contributed by atoms with Crippen LogP contribution in [-0.2, 0) is 0 Å². The van der Waals surface area contributed by atoms with Crippen molar-refractivity contribution in [2.24, 2.45) is 4.99 Å². The summed E-state index contributed by atoms with van der Waals surface area (Å²) in [5, 5.41) is 15.1. The first-order chi connectivity index (χ1) is 15.1. The van der Waals surface area contributed by atoms with Gasteiger partial charge in [-0.2, -0.15) is 0 Å². The zero-order chi connectivity index (χ0) is 21.8. The Bertz CT molecular complexity index is 1070. The minimum absolute atomic E-state index is 0.143. The molecule has 1 heterocycles. The first kappa shape index (κ1) is 21.2. The molecule has 6 heteroatoms. The third-order valence-corrected chi connectivity index (χ3v) is 5.61. The van der Waals surface area contributed by atoms with E-state index in [1.165, 1.54) is 0 Å². The molecule has 0 spiro atoms. The average molecular weight is 437 g/mol. The van der Waals surface area contributed by atoms with Crippen molar-refractivity contribution in [1.82, 2.24) is 5.32 Å². The van der Waals surface area contributed by atoms with Gasteiger partial charge < -0.3 is 14.6 Å². The lowest BCUT2D eigenvalue weighted by Crippen LogP contribution is -2.33. The molecule has 0 saturated heterocycles. The van der Waals surface area contributed by atoms with Crippen molar-refractivity contribution in [3.63, 3.8) is 0 Å². The van der Waals surface area contributed by atoms with Gasteiger partial charge in [-0.15, -0.1) is 0 Å². The Kier molecular flexibility index (Phi) is 6.44. The van der Waals surface area contributed by atoms with Crippen LogP contribution in [0.15, 0.2) is 71.7 Å². The van der Waals surface area contributed by atoms with E-state index in [1.54, 1.807) is 13.2 Å². The molecule has 2 unspecified atom stereocenters. The lowest BCUT2D eigenvalue weighted by molar-refractivity contribution is 0.313. The number of nitrogens with one attached hydrogen (secondary N) is 1. The van der Waals surface area contributed by atoms with Crippen molar-refractivity contribution in [3.8, 4) is 17.2 Å². The topological polar surface area (TPSA) is 63.1 Å². The second-order valence-electron chi connectivity index (χ2n) is 7.31. The van der Waals surface area contributed by atoms with E-state index >= 15 is 0 Å². The third kappa shape index (κ3) is 4.68. The number of halogens is 1. The normalized spacial score (nSPS) is 18.4. The molecule has 0 bridgehead atoms. The molecule has 3 aromatic rings. The van der Waals surface area contributed by atoms with Crippen molar-refractivity contribution in [1.29, 1.82) is 0 Å². The summed E-state index contributed by atoms with van der Waals surface area (Å²) in [6, 6.07) is 21.0. The van der Waals surface area contributed by atoms with E-state index in [0.29, 0.717) is 23.8 Å². The van der Waals surface area contributed by atoms with Gasteiger partial charge in [-0.1, -0.05) is 35.9 Å². The molecule has 0 saturated carbocycles. The summed E-state index contributed by atoms with van der Waals surface area (Å²) in [5.74, 6) is 1.44. The van der Waals surface area contributed by atoms with E-state index in [0.717, 1.165) is 28.2 Å². The zero-order valence-corrected chi connectivity index (χ0v) is 18.3. The maximum Gasteiger partial charge on any atom is 0.162 e. The van der Waals surface area contributed by atoms with E-state index in [2.05, 4.69) is 5.32 Å². The molecule has 31 heavy (non-hydrogen) atoms.